The molecular formula is C10H5F2N3O. The van der Waals surface area contributed by atoms with E-state index < -0.39 is 17.2 Å². The standard InChI is InChI=1S/C10H5F2N3O/c11-5-2-1-3-6(12)8(5)10-15-7(4-13)9(14)16-10/h1-3H,14H2. The number of nitrogens with zero attached hydrogens (tertiary/aromatic N) is 2. The van der Waals surface area contributed by atoms with Gasteiger partial charge < -0.3 is 10.2 Å². The lowest BCUT2D eigenvalue weighted by molar-refractivity contribution is 0.551. The lowest BCUT2D eigenvalue weighted by Crippen LogP contribution is -1.89. The van der Waals surface area contributed by atoms with Gasteiger partial charge in [-0.05, 0) is 12.1 Å². The monoisotopic (exact) mass is 221 g/mol. The van der Waals surface area contributed by atoms with Crippen LogP contribution in [0.4, 0.5) is 14.7 Å². The number of oxazole rings is 1. The molecule has 0 aliphatic rings. The Balaban J connectivity index is 2.64. The summed E-state index contributed by atoms with van der Waals surface area (Å²) in [6.07, 6.45) is 0. The minimum atomic E-state index is -0.828. The van der Waals surface area contributed by atoms with E-state index >= 15 is 0 Å². The SMILES string of the molecule is N#Cc1nc(-c2c(F)cccc2F)oc1N. The molecule has 0 spiro atoms. The van der Waals surface area contributed by atoms with Crippen molar-refractivity contribution in [3.05, 3.63) is 35.5 Å². The van der Waals surface area contributed by atoms with Gasteiger partial charge >= 0.3 is 0 Å². The molecule has 4 nitrogen and oxygen atoms in total. The van der Waals surface area contributed by atoms with E-state index in [0.717, 1.165) is 12.1 Å². The van der Waals surface area contributed by atoms with Crippen LogP contribution in [0, 0.1) is 23.0 Å². The summed E-state index contributed by atoms with van der Waals surface area (Å²) < 4.78 is 31.5. The molecule has 2 rings (SSSR count). The van der Waals surface area contributed by atoms with Crippen molar-refractivity contribution >= 4 is 5.88 Å². The second-order valence-electron chi connectivity index (χ2n) is 2.94. The highest BCUT2D eigenvalue weighted by Gasteiger charge is 2.18. The third-order valence-electron chi connectivity index (χ3n) is 1.94. The first-order chi connectivity index (χ1) is 7.63. The van der Waals surface area contributed by atoms with Crippen molar-refractivity contribution < 1.29 is 13.2 Å². The van der Waals surface area contributed by atoms with Gasteiger partial charge in [0.2, 0.25) is 17.5 Å². The molecule has 0 aliphatic heterocycles. The molecule has 1 aromatic heterocycles. The van der Waals surface area contributed by atoms with E-state index in [1.165, 1.54) is 6.07 Å². The van der Waals surface area contributed by atoms with Crippen LogP contribution in [0.1, 0.15) is 5.69 Å². The van der Waals surface area contributed by atoms with Gasteiger partial charge in [0.15, 0.2) is 0 Å². The fourth-order valence-electron chi connectivity index (χ4n) is 1.22. The van der Waals surface area contributed by atoms with Crippen molar-refractivity contribution in [2.24, 2.45) is 0 Å². The Labute approximate surface area is 88.9 Å². The Kier molecular flexibility index (Phi) is 2.29. The highest BCUT2D eigenvalue weighted by molar-refractivity contribution is 5.59. The molecular weight excluding hydrogens is 216 g/mol. The van der Waals surface area contributed by atoms with Gasteiger partial charge in [-0.1, -0.05) is 6.07 Å². The second-order valence-corrected chi connectivity index (χ2v) is 2.94. The molecule has 2 aromatic rings. The summed E-state index contributed by atoms with van der Waals surface area (Å²) >= 11 is 0. The zero-order valence-corrected chi connectivity index (χ0v) is 7.87. The summed E-state index contributed by atoms with van der Waals surface area (Å²) in [5, 5.41) is 8.58. The number of benzene rings is 1. The zero-order valence-electron chi connectivity index (χ0n) is 7.87. The lowest BCUT2D eigenvalue weighted by Gasteiger charge is -1.98. The molecule has 1 heterocycles. The van der Waals surface area contributed by atoms with E-state index in [2.05, 4.69) is 4.98 Å². The molecule has 2 N–H and O–H groups in total. The fraction of sp³-hybridized carbons (Fsp3) is 0. The van der Waals surface area contributed by atoms with E-state index in [-0.39, 0.29) is 17.5 Å². The molecule has 16 heavy (non-hydrogen) atoms. The first kappa shape index (κ1) is 10.1. The van der Waals surface area contributed by atoms with Crippen LogP contribution in [0.5, 0.6) is 0 Å². The van der Waals surface area contributed by atoms with Crippen LogP contribution in [0.15, 0.2) is 22.6 Å². The van der Waals surface area contributed by atoms with Crippen molar-refractivity contribution in [1.29, 1.82) is 5.26 Å². The van der Waals surface area contributed by atoms with Gasteiger partial charge in [0.1, 0.15) is 23.3 Å². The molecule has 6 heteroatoms. The summed E-state index contributed by atoms with van der Waals surface area (Å²) in [4.78, 5) is 3.59. The Bertz CT molecular complexity index is 566. The van der Waals surface area contributed by atoms with Crippen LogP contribution < -0.4 is 5.73 Å². The number of aromatic nitrogens is 1. The lowest BCUT2D eigenvalue weighted by atomic mass is 10.2. The Morgan fingerprint density at radius 3 is 2.44 bits per heavy atom. The topological polar surface area (TPSA) is 75.8 Å². The normalized spacial score (nSPS) is 10.1. The molecule has 0 atom stereocenters. The number of rotatable bonds is 1. The number of hydrogen-bond donors (Lipinski definition) is 1. The number of nitriles is 1. The first-order valence-corrected chi connectivity index (χ1v) is 4.24. The predicted molar refractivity (Wildman–Crippen MR) is 51.0 cm³/mol. The van der Waals surface area contributed by atoms with Gasteiger partial charge in [-0.15, -0.1) is 0 Å². The average Bonchev–Trinajstić information content (AvgIpc) is 2.59. The number of anilines is 1. The molecule has 0 fully saturated rings. The van der Waals surface area contributed by atoms with Crippen molar-refractivity contribution in [3.63, 3.8) is 0 Å². The number of nitrogen functional groups attached to an aromatic ring is 1. The summed E-state index contributed by atoms with van der Waals surface area (Å²) in [6, 6.07) is 4.98. The fourth-order valence-corrected chi connectivity index (χ4v) is 1.22. The molecule has 0 radical (unpaired) electrons. The van der Waals surface area contributed by atoms with E-state index in [1.54, 1.807) is 6.07 Å². The third-order valence-corrected chi connectivity index (χ3v) is 1.94. The van der Waals surface area contributed by atoms with Gasteiger partial charge in [0.05, 0.1) is 0 Å². The summed E-state index contributed by atoms with van der Waals surface area (Å²) in [7, 11) is 0. The minimum Gasteiger partial charge on any atom is -0.419 e. The van der Waals surface area contributed by atoms with Crippen LogP contribution >= 0.6 is 0 Å². The third kappa shape index (κ3) is 1.48. The highest BCUT2D eigenvalue weighted by Crippen LogP contribution is 2.27. The van der Waals surface area contributed by atoms with Crippen LogP contribution in [0.2, 0.25) is 0 Å². The predicted octanol–water partition coefficient (Wildman–Crippen LogP) is 2.07. The Morgan fingerprint density at radius 2 is 1.94 bits per heavy atom. The summed E-state index contributed by atoms with van der Waals surface area (Å²) in [5.74, 6) is -2.26. The maximum atomic E-state index is 13.3. The Morgan fingerprint density at radius 1 is 1.31 bits per heavy atom. The molecule has 0 amide bonds. The van der Waals surface area contributed by atoms with Crippen LogP contribution in [-0.4, -0.2) is 4.98 Å². The zero-order chi connectivity index (χ0) is 11.7. The van der Waals surface area contributed by atoms with E-state index in [9.17, 15) is 8.78 Å². The van der Waals surface area contributed by atoms with Gasteiger partial charge in [0, 0.05) is 0 Å². The molecule has 80 valence electrons. The number of halogens is 2. The second kappa shape index (κ2) is 3.62. The van der Waals surface area contributed by atoms with Crippen molar-refractivity contribution in [2.75, 3.05) is 5.73 Å². The number of nitrogens with two attached hydrogens (primary N) is 1. The average molecular weight is 221 g/mol. The first-order valence-electron chi connectivity index (χ1n) is 4.24. The molecule has 1 aromatic carbocycles. The highest BCUT2D eigenvalue weighted by atomic mass is 19.1. The minimum absolute atomic E-state index is 0.197. The maximum absolute atomic E-state index is 13.3. The molecule has 0 unspecified atom stereocenters. The molecule has 0 bridgehead atoms. The van der Waals surface area contributed by atoms with Crippen LogP contribution in [0.25, 0.3) is 11.5 Å². The van der Waals surface area contributed by atoms with E-state index in [0.29, 0.717) is 0 Å². The molecule has 0 saturated carbocycles. The van der Waals surface area contributed by atoms with Gasteiger partial charge in [0.25, 0.3) is 0 Å². The van der Waals surface area contributed by atoms with Crippen molar-refractivity contribution in [1.82, 2.24) is 4.98 Å². The van der Waals surface area contributed by atoms with Gasteiger partial charge in [-0.2, -0.15) is 10.2 Å². The Hall–Kier alpha value is -2.42. The summed E-state index contributed by atoms with van der Waals surface area (Å²) in [6.45, 7) is 0. The molecule has 0 saturated heterocycles. The van der Waals surface area contributed by atoms with Crippen LogP contribution in [0.3, 0.4) is 0 Å². The smallest absolute Gasteiger partial charge is 0.236 e. The van der Waals surface area contributed by atoms with Gasteiger partial charge in [-0.25, -0.2) is 8.78 Å². The largest absolute Gasteiger partial charge is 0.419 e. The molecule has 0 aliphatic carbocycles. The van der Waals surface area contributed by atoms with Crippen molar-refractivity contribution in [2.45, 2.75) is 0 Å². The van der Waals surface area contributed by atoms with E-state index in [4.69, 9.17) is 15.4 Å². The van der Waals surface area contributed by atoms with Gasteiger partial charge in [-0.3, -0.25) is 0 Å². The van der Waals surface area contributed by atoms with Crippen molar-refractivity contribution in [3.8, 4) is 17.5 Å². The quantitative estimate of drug-likeness (QED) is 0.799. The van der Waals surface area contributed by atoms with Crippen LogP contribution in [-0.2, 0) is 0 Å². The van der Waals surface area contributed by atoms with E-state index in [1.807, 2.05) is 0 Å². The summed E-state index contributed by atoms with van der Waals surface area (Å²) in [5.41, 5.74) is 4.66. The number of hydrogen-bond acceptors (Lipinski definition) is 4. The maximum Gasteiger partial charge on any atom is 0.236 e.